The zero-order valence-corrected chi connectivity index (χ0v) is 30.0. The molecule has 1 aromatic carbocycles. The van der Waals surface area contributed by atoms with Crippen molar-refractivity contribution in [1.29, 1.82) is 0 Å². The van der Waals surface area contributed by atoms with Crippen LogP contribution in [-0.4, -0.2) is 69.1 Å². The van der Waals surface area contributed by atoms with Crippen molar-refractivity contribution in [1.82, 2.24) is 30.8 Å². The molecule has 2 aromatic rings. The summed E-state index contributed by atoms with van der Waals surface area (Å²) in [6.45, 7) is 21.1. The van der Waals surface area contributed by atoms with Crippen LogP contribution in [0.15, 0.2) is 35.6 Å². The Hall–Kier alpha value is -2.95. The van der Waals surface area contributed by atoms with Gasteiger partial charge in [0, 0.05) is 38.7 Å². The van der Waals surface area contributed by atoms with Gasteiger partial charge in [-0.3, -0.25) is 19.6 Å². The number of nitrogens with one attached hydrogen (secondary N) is 2. The largest absolute Gasteiger partial charge is 0.371 e. The van der Waals surface area contributed by atoms with Crippen molar-refractivity contribution in [2.75, 3.05) is 13.6 Å². The number of rotatable bonds is 8. The second kappa shape index (κ2) is 13.8. The number of nitrogens with zero attached hydrogens (tertiary/aromatic N) is 4. The summed E-state index contributed by atoms with van der Waals surface area (Å²) in [5, 5.41) is 7.12. The van der Waals surface area contributed by atoms with Crippen molar-refractivity contribution in [3.8, 4) is 10.4 Å². The summed E-state index contributed by atoms with van der Waals surface area (Å²) < 4.78 is 6.34. The van der Waals surface area contributed by atoms with Crippen LogP contribution in [0.1, 0.15) is 91.5 Å². The summed E-state index contributed by atoms with van der Waals surface area (Å²) >= 11 is 1.63. The number of carbonyl (C=O) groups is 2. The molecule has 2 aliphatic heterocycles. The molecule has 3 heterocycles. The highest BCUT2D eigenvalue weighted by atomic mass is 32.1. The van der Waals surface area contributed by atoms with Crippen LogP contribution in [0.2, 0.25) is 0 Å². The Morgan fingerprint density at radius 1 is 1.13 bits per heavy atom. The molecule has 2 fully saturated rings. The van der Waals surface area contributed by atoms with E-state index < -0.39 is 12.1 Å². The van der Waals surface area contributed by atoms with Crippen molar-refractivity contribution in [3.05, 3.63) is 52.4 Å². The number of carbonyl (C=O) groups excluding carboxylic acids is 2. The third-order valence-corrected chi connectivity index (χ3v) is 9.40. The van der Waals surface area contributed by atoms with Gasteiger partial charge in [-0.05, 0) is 69.6 Å². The number of ether oxygens (including phenoxy) is 1. The van der Waals surface area contributed by atoms with Gasteiger partial charge in [-0.15, -0.1) is 16.9 Å². The molecule has 248 valence electrons. The lowest BCUT2D eigenvalue weighted by Crippen LogP contribution is -2.59. The van der Waals surface area contributed by atoms with E-state index in [2.05, 4.69) is 67.9 Å². The van der Waals surface area contributed by atoms with E-state index in [9.17, 15) is 9.59 Å². The molecule has 0 radical (unpaired) electrons. The quantitative estimate of drug-likeness (QED) is 0.357. The summed E-state index contributed by atoms with van der Waals surface area (Å²) in [5.41, 5.74) is 10.0. The molecule has 5 rings (SSSR count). The van der Waals surface area contributed by atoms with E-state index in [0.29, 0.717) is 25.4 Å². The first-order valence-corrected chi connectivity index (χ1v) is 17.3. The molecule has 3 aliphatic rings. The van der Waals surface area contributed by atoms with E-state index in [0.717, 1.165) is 27.3 Å². The van der Waals surface area contributed by atoms with Gasteiger partial charge >= 0.3 is 0 Å². The fourth-order valence-corrected chi connectivity index (χ4v) is 7.04. The fraction of sp³-hybridized carbons (Fsp3) is 0.629. The molecular formula is C35H54N6O3S. The summed E-state index contributed by atoms with van der Waals surface area (Å²) in [5.74, 6) is 0.322. The van der Waals surface area contributed by atoms with Gasteiger partial charge in [-0.1, -0.05) is 52.8 Å². The maximum atomic E-state index is 14.5. The van der Waals surface area contributed by atoms with Gasteiger partial charge in [0.15, 0.2) is 0 Å². The molecule has 0 bridgehead atoms. The van der Waals surface area contributed by atoms with Crippen molar-refractivity contribution >= 4 is 23.2 Å². The number of aromatic nitrogens is 1. The number of hydrogen-bond donors (Lipinski definition) is 2. The van der Waals surface area contributed by atoms with Crippen LogP contribution < -0.4 is 10.9 Å². The second-order valence-corrected chi connectivity index (χ2v) is 15.2. The SMILES string of the molecule is CC.Cc1cc(-c2scnc2C)ccc1CNC(=O)C1C[C@@H](OC(C)(C)C)CN1C(=O)[C@@H](N1C=C(C2CC2)N(C)N1)C(C)(C)C. The number of likely N-dealkylation sites (tertiary alicyclic amines) is 1. The molecule has 2 N–H and O–H groups in total. The molecular weight excluding hydrogens is 584 g/mol. The van der Waals surface area contributed by atoms with Gasteiger partial charge in [0.05, 0.1) is 33.5 Å². The minimum Gasteiger partial charge on any atom is -0.371 e. The number of aryl methyl sites for hydroxylation is 2. The van der Waals surface area contributed by atoms with E-state index in [1.165, 1.54) is 18.5 Å². The van der Waals surface area contributed by atoms with Gasteiger partial charge in [-0.25, -0.2) is 4.98 Å². The molecule has 1 aromatic heterocycles. The average molecular weight is 639 g/mol. The van der Waals surface area contributed by atoms with E-state index in [1.54, 1.807) is 16.2 Å². The smallest absolute Gasteiger partial charge is 0.248 e. The van der Waals surface area contributed by atoms with Gasteiger partial charge < -0.3 is 15.0 Å². The minimum atomic E-state index is -0.615. The molecule has 0 spiro atoms. The first-order chi connectivity index (χ1) is 21.1. The molecule has 3 atom stereocenters. The molecule has 2 amide bonds. The minimum absolute atomic E-state index is 0.0673. The Balaban J connectivity index is 0.00000226. The van der Waals surface area contributed by atoms with Crippen molar-refractivity contribution in [2.24, 2.45) is 11.3 Å². The molecule has 1 saturated heterocycles. The molecule has 1 unspecified atom stereocenters. The number of benzene rings is 1. The maximum absolute atomic E-state index is 14.5. The summed E-state index contributed by atoms with van der Waals surface area (Å²) in [6, 6.07) is 5.20. The predicted molar refractivity (Wildman–Crippen MR) is 182 cm³/mol. The lowest BCUT2D eigenvalue weighted by molar-refractivity contribution is -0.147. The van der Waals surface area contributed by atoms with E-state index in [4.69, 9.17) is 4.74 Å². The van der Waals surface area contributed by atoms with Crippen LogP contribution in [-0.2, 0) is 20.9 Å². The van der Waals surface area contributed by atoms with Crippen LogP contribution in [0.5, 0.6) is 0 Å². The van der Waals surface area contributed by atoms with Gasteiger partial charge in [0.25, 0.3) is 0 Å². The first kappa shape index (κ1) is 34.9. The normalized spacial score (nSPS) is 21.0. The Labute approximate surface area is 274 Å². The summed E-state index contributed by atoms with van der Waals surface area (Å²) in [4.78, 5) is 35.6. The van der Waals surface area contributed by atoms with Crippen molar-refractivity contribution in [3.63, 3.8) is 0 Å². The Morgan fingerprint density at radius 3 is 2.38 bits per heavy atom. The number of amides is 2. The number of hydrazine groups is 2. The zero-order valence-electron chi connectivity index (χ0n) is 29.2. The number of allylic oxidation sites excluding steroid dienone is 1. The van der Waals surface area contributed by atoms with Crippen LogP contribution in [0, 0.1) is 25.2 Å². The van der Waals surface area contributed by atoms with E-state index >= 15 is 0 Å². The molecule has 9 nitrogen and oxygen atoms in total. The number of thiazole rings is 1. The van der Waals surface area contributed by atoms with Crippen LogP contribution in [0.4, 0.5) is 0 Å². The Morgan fingerprint density at radius 2 is 1.82 bits per heavy atom. The molecule has 1 saturated carbocycles. The van der Waals surface area contributed by atoms with Gasteiger partial charge in [-0.2, -0.15) is 0 Å². The Kier molecular flexibility index (Phi) is 10.7. The van der Waals surface area contributed by atoms with Crippen molar-refractivity contribution < 1.29 is 14.3 Å². The van der Waals surface area contributed by atoms with Crippen molar-refractivity contribution in [2.45, 2.75) is 119 Å². The van der Waals surface area contributed by atoms with E-state index in [1.807, 2.05) is 64.1 Å². The zero-order chi connectivity index (χ0) is 33.3. The summed E-state index contributed by atoms with van der Waals surface area (Å²) in [7, 11) is 2.00. The fourth-order valence-electron chi connectivity index (χ4n) is 6.23. The standard InChI is InChI=1S/C33H48N6O3S.C2H6/c1-20-14-23(28-21(2)35-19-43-28)12-13-24(20)16-34-30(40)26-15-25(42-33(6,7)8)17-38(26)31(41)29(32(3,4)5)39-18-27(22-10-11-22)37(9)36-39;1-2/h12-14,18-19,22,25-26,29,36H,10-11,15-17H2,1-9H3,(H,34,40);1-2H3/t25-,26?,29-;/m1./s1. The van der Waals surface area contributed by atoms with Gasteiger partial charge in [0.2, 0.25) is 11.8 Å². The highest BCUT2D eigenvalue weighted by molar-refractivity contribution is 7.13. The highest BCUT2D eigenvalue weighted by Gasteiger charge is 2.48. The molecule has 1 aliphatic carbocycles. The topological polar surface area (TPSA) is 90.0 Å². The second-order valence-electron chi connectivity index (χ2n) is 14.4. The number of hydrogen-bond acceptors (Lipinski definition) is 8. The molecule has 45 heavy (non-hydrogen) atoms. The van der Waals surface area contributed by atoms with Crippen LogP contribution >= 0.6 is 11.3 Å². The summed E-state index contributed by atoms with van der Waals surface area (Å²) in [6.07, 6.45) is 4.67. The lowest BCUT2D eigenvalue weighted by Gasteiger charge is -2.40. The van der Waals surface area contributed by atoms with Gasteiger partial charge in [0.1, 0.15) is 12.1 Å². The third kappa shape index (κ3) is 8.26. The monoisotopic (exact) mass is 638 g/mol. The average Bonchev–Trinajstić information content (AvgIpc) is 3.38. The Bertz CT molecular complexity index is 1390. The van der Waals surface area contributed by atoms with Crippen LogP contribution in [0.25, 0.3) is 10.4 Å². The third-order valence-electron chi connectivity index (χ3n) is 8.42. The van der Waals surface area contributed by atoms with E-state index in [-0.39, 0.29) is 28.9 Å². The highest BCUT2D eigenvalue weighted by Crippen LogP contribution is 2.40. The lowest BCUT2D eigenvalue weighted by atomic mass is 9.85. The maximum Gasteiger partial charge on any atom is 0.248 e. The predicted octanol–water partition coefficient (Wildman–Crippen LogP) is 6.19. The first-order valence-electron chi connectivity index (χ1n) is 16.4. The van der Waals surface area contributed by atoms with Crippen LogP contribution in [0.3, 0.4) is 0 Å². The molecule has 10 heteroatoms.